The fourth-order valence-corrected chi connectivity index (χ4v) is 10.5. The number of esters is 3. The molecular formula is C74H134O6. The first-order chi connectivity index (χ1) is 39.5. The summed E-state index contributed by atoms with van der Waals surface area (Å²) in [6, 6.07) is 0. The first-order valence-electron chi connectivity index (χ1n) is 35.3. The average molecular weight is 1120 g/mol. The lowest BCUT2D eigenvalue weighted by Crippen LogP contribution is -2.30. The largest absolute Gasteiger partial charge is 0.462 e. The maximum absolute atomic E-state index is 12.9. The number of unbranched alkanes of at least 4 members (excludes halogenated alkanes) is 44. The van der Waals surface area contributed by atoms with Crippen LogP contribution in [0.1, 0.15) is 374 Å². The highest BCUT2D eigenvalue weighted by molar-refractivity contribution is 5.71. The lowest BCUT2D eigenvalue weighted by molar-refractivity contribution is -0.167. The molecule has 0 aliphatic carbocycles. The van der Waals surface area contributed by atoms with Crippen molar-refractivity contribution in [3.63, 3.8) is 0 Å². The third-order valence-corrected chi connectivity index (χ3v) is 15.8. The van der Waals surface area contributed by atoms with Crippen LogP contribution in [0.2, 0.25) is 0 Å². The molecule has 0 amide bonds. The molecule has 0 aliphatic heterocycles. The summed E-state index contributed by atoms with van der Waals surface area (Å²) in [6.07, 6.45) is 88.3. The van der Waals surface area contributed by atoms with Crippen LogP contribution in [0.4, 0.5) is 0 Å². The first-order valence-corrected chi connectivity index (χ1v) is 35.3. The van der Waals surface area contributed by atoms with E-state index in [1.165, 1.54) is 250 Å². The van der Waals surface area contributed by atoms with Crippen LogP contribution < -0.4 is 0 Å². The number of hydrogen-bond donors (Lipinski definition) is 0. The van der Waals surface area contributed by atoms with Crippen LogP contribution in [0.5, 0.6) is 0 Å². The van der Waals surface area contributed by atoms with Crippen LogP contribution in [-0.2, 0) is 28.6 Å². The SMILES string of the molecule is CC/C=C\C/C=C\C/C=C\C/C=C\CCCCCCCCCCCCC(=O)OC(COC(=O)CCCCCCCCCCCC)COC(=O)CCCCCCCCCCCCCCCCCCC/C=C\CCCCCCCCCC. The van der Waals surface area contributed by atoms with Gasteiger partial charge in [-0.2, -0.15) is 0 Å². The van der Waals surface area contributed by atoms with E-state index in [9.17, 15) is 14.4 Å². The Balaban J connectivity index is 4.14. The molecule has 6 nitrogen and oxygen atoms in total. The Kier molecular flexibility index (Phi) is 66.1. The molecule has 1 atom stereocenters. The van der Waals surface area contributed by atoms with E-state index in [0.29, 0.717) is 19.3 Å². The van der Waals surface area contributed by atoms with Crippen molar-refractivity contribution in [2.45, 2.75) is 380 Å². The van der Waals surface area contributed by atoms with Gasteiger partial charge in [-0.3, -0.25) is 14.4 Å². The molecule has 6 heteroatoms. The fraction of sp³-hybridized carbons (Fsp3) is 0.824. The molecule has 0 heterocycles. The Morgan fingerprint density at radius 1 is 0.263 bits per heavy atom. The molecule has 0 N–H and O–H groups in total. The van der Waals surface area contributed by atoms with Gasteiger partial charge in [0.2, 0.25) is 0 Å². The third kappa shape index (κ3) is 65.9. The molecule has 0 aromatic rings. The van der Waals surface area contributed by atoms with E-state index in [1.807, 2.05) is 0 Å². The van der Waals surface area contributed by atoms with E-state index in [-0.39, 0.29) is 31.1 Å². The quantitative estimate of drug-likeness (QED) is 0.0261. The second-order valence-electron chi connectivity index (χ2n) is 23.8. The summed E-state index contributed by atoms with van der Waals surface area (Å²) in [5.41, 5.74) is 0. The smallest absolute Gasteiger partial charge is 0.306 e. The van der Waals surface area contributed by atoms with Crippen molar-refractivity contribution in [3.8, 4) is 0 Å². The Hall–Kier alpha value is -2.89. The zero-order chi connectivity index (χ0) is 57.8. The number of carbonyl (C=O) groups is 3. The van der Waals surface area contributed by atoms with Crippen molar-refractivity contribution in [3.05, 3.63) is 60.8 Å². The Morgan fingerprint density at radius 3 is 0.775 bits per heavy atom. The predicted molar refractivity (Wildman–Crippen MR) is 348 cm³/mol. The maximum Gasteiger partial charge on any atom is 0.306 e. The highest BCUT2D eigenvalue weighted by Gasteiger charge is 2.19. The van der Waals surface area contributed by atoms with Crippen molar-refractivity contribution in [2.75, 3.05) is 13.2 Å². The van der Waals surface area contributed by atoms with Crippen molar-refractivity contribution >= 4 is 17.9 Å². The molecule has 0 aromatic carbocycles. The second-order valence-corrected chi connectivity index (χ2v) is 23.8. The van der Waals surface area contributed by atoms with Gasteiger partial charge in [-0.15, -0.1) is 0 Å². The summed E-state index contributed by atoms with van der Waals surface area (Å²) in [4.78, 5) is 38.3. The van der Waals surface area contributed by atoms with Crippen molar-refractivity contribution in [1.82, 2.24) is 0 Å². The Morgan fingerprint density at radius 2 is 0.487 bits per heavy atom. The predicted octanol–water partition coefficient (Wildman–Crippen LogP) is 24.3. The van der Waals surface area contributed by atoms with Crippen molar-refractivity contribution < 1.29 is 28.6 Å². The molecule has 466 valence electrons. The lowest BCUT2D eigenvalue weighted by Gasteiger charge is -2.18. The summed E-state index contributed by atoms with van der Waals surface area (Å²) >= 11 is 0. The van der Waals surface area contributed by atoms with E-state index in [4.69, 9.17) is 14.2 Å². The second kappa shape index (κ2) is 68.6. The minimum Gasteiger partial charge on any atom is -0.462 e. The fourth-order valence-electron chi connectivity index (χ4n) is 10.5. The minimum absolute atomic E-state index is 0.0712. The first kappa shape index (κ1) is 77.1. The zero-order valence-corrected chi connectivity index (χ0v) is 53.6. The summed E-state index contributed by atoms with van der Waals surface area (Å²) < 4.78 is 17.0. The van der Waals surface area contributed by atoms with Crippen LogP contribution in [0.15, 0.2) is 60.8 Å². The maximum atomic E-state index is 12.9. The number of ether oxygens (including phenoxy) is 3. The van der Waals surface area contributed by atoms with E-state index in [2.05, 4.69) is 81.5 Å². The third-order valence-electron chi connectivity index (χ3n) is 15.8. The summed E-state index contributed by atoms with van der Waals surface area (Å²) in [6.45, 7) is 6.57. The molecule has 0 saturated heterocycles. The van der Waals surface area contributed by atoms with E-state index >= 15 is 0 Å². The molecule has 0 radical (unpaired) electrons. The van der Waals surface area contributed by atoms with Gasteiger partial charge in [-0.05, 0) is 83.5 Å². The molecule has 0 aliphatic rings. The number of rotatable bonds is 65. The van der Waals surface area contributed by atoms with Gasteiger partial charge < -0.3 is 14.2 Å². The molecular weight excluding hydrogens is 985 g/mol. The van der Waals surface area contributed by atoms with Gasteiger partial charge in [0.15, 0.2) is 6.10 Å². The topological polar surface area (TPSA) is 78.9 Å². The Labute approximate surface area is 498 Å². The highest BCUT2D eigenvalue weighted by atomic mass is 16.6. The van der Waals surface area contributed by atoms with Gasteiger partial charge >= 0.3 is 17.9 Å². The van der Waals surface area contributed by atoms with Gasteiger partial charge in [0.25, 0.3) is 0 Å². The van der Waals surface area contributed by atoms with E-state index < -0.39 is 6.10 Å². The molecule has 0 aromatic heterocycles. The Bertz CT molecular complexity index is 1430. The number of carbonyl (C=O) groups excluding carboxylic acids is 3. The molecule has 1 unspecified atom stereocenters. The summed E-state index contributed by atoms with van der Waals surface area (Å²) in [7, 11) is 0. The standard InChI is InChI=1S/C74H134O6/c1-4-7-10-13-16-19-22-24-26-28-30-32-34-35-36-37-38-39-41-42-44-46-48-50-52-55-58-61-64-67-73(76)79-70-71(69-78-72(75)66-63-60-57-54-21-18-15-12-9-6-3)80-74(77)68-65-62-59-56-53-51-49-47-45-43-40-33-31-29-27-25-23-20-17-14-11-8-5-2/h8,11,17,20,25,27-28,30-31,33,71H,4-7,9-10,12-16,18-19,21-24,26,29,32,34-70H2,1-3H3/b11-8-,20-17-,27-25-,30-28-,33-31-. The molecule has 80 heavy (non-hydrogen) atoms. The van der Waals surface area contributed by atoms with Gasteiger partial charge in [0.05, 0.1) is 0 Å². The highest BCUT2D eigenvalue weighted by Crippen LogP contribution is 2.18. The van der Waals surface area contributed by atoms with Crippen LogP contribution in [0.25, 0.3) is 0 Å². The molecule has 0 bridgehead atoms. The molecule has 0 rings (SSSR count). The minimum atomic E-state index is -0.774. The number of hydrogen-bond acceptors (Lipinski definition) is 6. The monoisotopic (exact) mass is 1120 g/mol. The molecule has 0 spiro atoms. The van der Waals surface area contributed by atoms with E-state index in [0.717, 1.165) is 83.5 Å². The van der Waals surface area contributed by atoms with Gasteiger partial charge in [0, 0.05) is 19.3 Å². The van der Waals surface area contributed by atoms with Gasteiger partial charge in [0.1, 0.15) is 13.2 Å². The van der Waals surface area contributed by atoms with Crippen LogP contribution in [-0.4, -0.2) is 37.2 Å². The lowest BCUT2D eigenvalue weighted by atomic mass is 10.0. The average Bonchev–Trinajstić information content (AvgIpc) is 3.46. The molecule has 0 saturated carbocycles. The van der Waals surface area contributed by atoms with Crippen molar-refractivity contribution in [2.24, 2.45) is 0 Å². The van der Waals surface area contributed by atoms with Gasteiger partial charge in [-0.25, -0.2) is 0 Å². The summed E-state index contributed by atoms with van der Waals surface area (Å²) in [5.74, 6) is -0.855. The van der Waals surface area contributed by atoms with Crippen molar-refractivity contribution in [1.29, 1.82) is 0 Å². The van der Waals surface area contributed by atoms with Crippen LogP contribution >= 0.6 is 0 Å². The zero-order valence-electron chi connectivity index (χ0n) is 53.6. The number of allylic oxidation sites excluding steroid dienone is 10. The van der Waals surface area contributed by atoms with E-state index in [1.54, 1.807) is 0 Å². The molecule has 0 fully saturated rings. The summed E-state index contributed by atoms with van der Waals surface area (Å²) in [5, 5.41) is 0. The van der Waals surface area contributed by atoms with Gasteiger partial charge in [-0.1, -0.05) is 332 Å². The van der Waals surface area contributed by atoms with Crippen LogP contribution in [0.3, 0.4) is 0 Å². The van der Waals surface area contributed by atoms with Crippen LogP contribution in [0, 0.1) is 0 Å². The normalized spacial score (nSPS) is 12.4.